The Hall–Kier alpha value is -1.56. The van der Waals surface area contributed by atoms with Gasteiger partial charge in [-0.05, 0) is 23.9 Å². The van der Waals surface area contributed by atoms with E-state index in [1.807, 2.05) is 23.4 Å². The molecule has 5 nitrogen and oxygen atoms in total. The number of thiophene rings is 1. The number of hydrogen-bond donors (Lipinski definition) is 1. The van der Waals surface area contributed by atoms with Crippen LogP contribution in [0.2, 0.25) is 0 Å². The number of aromatic nitrogens is 1. The van der Waals surface area contributed by atoms with Gasteiger partial charge in [-0.15, -0.1) is 35.3 Å². The molecule has 27 heavy (non-hydrogen) atoms. The van der Waals surface area contributed by atoms with Crippen molar-refractivity contribution in [2.24, 2.45) is 4.99 Å². The summed E-state index contributed by atoms with van der Waals surface area (Å²) in [6.45, 7) is -0.339. The van der Waals surface area contributed by atoms with Gasteiger partial charge in [-0.1, -0.05) is 12.1 Å². The van der Waals surface area contributed by atoms with Crippen molar-refractivity contribution in [1.82, 2.24) is 15.2 Å². The molecule has 0 spiro atoms. The lowest BCUT2D eigenvalue weighted by Gasteiger charge is -2.22. The molecule has 0 bridgehead atoms. The highest BCUT2D eigenvalue weighted by atomic mass is 127. The summed E-state index contributed by atoms with van der Waals surface area (Å²) in [7, 11) is 3.57. The van der Waals surface area contributed by atoms with Crippen molar-refractivity contribution in [3.8, 4) is 5.88 Å². The zero-order valence-corrected chi connectivity index (χ0v) is 18.1. The number of alkyl halides is 3. The third-order valence-electron chi connectivity index (χ3n) is 3.51. The predicted molar refractivity (Wildman–Crippen MR) is 112 cm³/mol. The maximum Gasteiger partial charge on any atom is 0.422 e. The minimum Gasteiger partial charge on any atom is -0.468 e. The zero-order valence-electron chi connectivity index (χ0n) is 15.0. The molecule has 0 aliphatic carbocycles. The van der Waals surface area contributed by atoms with Crippen molar-refractivity contribution in [2.45, 2.75) is 19.1 Å². The number of likely N-dealkylation sites (N-methyl/N-ethyl adjacent to an activating group) is 1. The number of halogens is 4. The molecular formula is C17H22F3IN4OS. The molecule has 10 heteroatoms. The highest BCUT2D eigenvalue weighted by molar-refractivity contribution is 14.0. The van der Waals surface area contributed by atoms with E-state index in [1.165, 1.54) is 11.1 Å². The van der Waals surface area contributed by atoms with E-state index in [1.54, 1.807) is 30.5 Å². The van der Waals surface area contributed by atoms with E-state index in [9.17, 15) is 13.2 Å². The third-order valence-corrected chi connectivity index (χ3v) is 4.44. The summed E-state index contributed by atoms with van der Waals surface area (Å²) >= 11 is 1.70. The van der Waals surface area contributed by atoms with Gasteiger partial charge in [-0.25, -0.2) is 4.98 Å². The second-order valence-corrected chi connectivity index (χ2v) is 6.56. The zero-order chi connectivity index (χ0) is 19.0. The average molecular weight is 514 g/mol. The van der Waals surface area contributed by atoms with Gasteiger partial charge in [0.15, 0.2) is 12.6 Å². The van der Waals surface area contributed by atoms with Crippen LogP contribution >= 0.6 is 35.3 Å². The lowest BCUT2D eigenvalue weighted by Crippen LogP contribution is -2.39. The van der Waals surface area contributed by atoms with E-state index in [-0.39, 0.29) is 36.4 Å². The number of rotatable bonds is 7. The summed E-state index contributed by atoms with van der Waals surface area (Å²) in [6, 6.07) is 7.41. The van der Waals surface area contributed by atoms with Gasteiger partial charge in [0.1, 0.15) is 0 Å². The van der Waals surface area contributed by atoms with E-state index in [0.717, 1.165) is 13.0 Å². The Labute approximate surface area is 177 Å². The monoisotopic (exact) mass is 514 g/mol. The second kappa shape index (κ2) is 11.3. The summed E-state index contributed by atoms with van der Waals surface area (Å²) in [5.74, 6) is 0.612. The molecule has 2 heterocycles. The van der Waals surface area contributed by atoms with Crippen LogP contribution in [0.15, 0.2) is 40.8 Å². The van der Waals surface area contributed by atoms with Crippen molar-refractivity contribution in [2.75, 3.05) is 27.2 Å². The molecule has 0 aliphatic heterocycles. The lowest BCUT2D eigenvalue weighted by atomic mass is 10.2. The second-order valence-electron chi connectivity index (χ2n) is 5.52. The minimum absolute atomic E-state index is 0. The van der Waals surface area contributed by atoms with Gasteiger partial charge >= 0.3 is 6.18 Å². The topological polar surface area (TPSA) is 49.8 Å². The van der Waals surface area contributed by atoms with Crippen LogP contribution in [-0.4, -0.2) is 49.3 Å². The average Bonchev–Trinajstić information content (AvgIpc) is 3.12. The standard InChI is InChI=1S/C17H21F3N4OS.HI/c1-21-16(24(2)9-7-14-6-4-10-26-14)23-11-13-5-3-8-22-15(13)25-12-17(18,19)20;/h3-6,8,10H,7,9,11-12H2,1-2H3,(H,21,23);1H. The summed E-state index contributed by atoms with van der Waals surface area (Å²) < 4.78 is 41.9. The quantitative estimate of drug-likeness (QED) is 0.346. The summed E-state index contributed by atoms with van der Waals surface area (Å²) in [6.07, 6.45) is -2.11. The van der Waals surface area contributed by atoms with Crippen LogP contribution < -0.4 is 10.1 Å². The molecule has 0 saturated carbocycles. The van der Waals surface area contributed by atoms with Gasteiger partial charge in [0.25, 0.3) is 0 Å². The van der Waals surface area contributed by atoms with Gasteiger partial charge in [-0.2, -0.15) is 13.2 Å². The van der Waals surface area contributed by atoms with Crippen LogP contribution in [0.1, 0.15) is 10.4 Å². The predicted octanol–water partition coefficient (Wildman–Crippen LogP) is 3.95. The first kappa shape index (κ1) is 23.5. The molecule has 1 N–H and O–H groups in total. The maximum absolute atomic E-state index is 12.4. The molecule has 0 aliphatic rings. The molecule has 2 aromatic rings. The number of nitrogens with zero attached hydrogens (tertiary/aromatic N) is 3. The highest BCUT2D eigenvalue weighted by Crippen LogP contribution is 2.20. The van der Waals surface area contributed by atoms with Crippen molar-refractivity contribution in [3.63, 3.8) is 0 Å². The number of pyridine rings is 1. The van der Waals surface area contributed by atoms with E-state index >= 15 is 0 Å². The number of hydrogen-bond acceptors (Lipinski definition) is 4. The highest BCUT2D eigenvalue weighted by Gasteiger charge is 2.29. The molecule has 0 radical (unpaired) electrons. The fourth-order valence-corrected chi connectivity index (χ4v) is 2.93. The van der Waals surface area contributed by atoms with Crippen molar-refractivity contribution < 1.29 is 17.9 Å². The summed E-state index contributed by atoms with van der Waals surface area (Å²) in [5.41, 5.74) is 0.532. The Morgan fingerprint density at radius 2 is 2.11 bits per heavy atom. The number of ether oxygens (including phenoxy) is 1. The maximum atomic E-state index is 12.4. The van der Waals surface area contributed by atoms with Crippen LogP contribution in [0.25, 0.3) is 0 Å². The van der Waals surface area contributed by atoms with Crippen LogP contribution in [-0.2, 0) is 13.0 Å². The van der Waals surface area contributed by atoms with Crippen LogP contribution in [0.4, 0.5) is 13.2 Å². The summed E-state index contributed by atoms with van der Waals surface area (Å²) in [4.78, 5) is 11.3. The van der Waals surface area contributed by atoms with Crippen LogP contribution in [0, 0.1) is 0 Å². The van der Waals surface area contributed by atoms with E-state index in [4.69, 9.17) is 4.74 Å². The molecule has 0 fully saturated rings. The van der Waals surface area contributed by atoms with Crippen LogP contribution in [0.3, 0.4) is 0 Å². The van der Waals surface area contributed by atoms with Crippen LogP contribution in [0.5, 0.6) is 5.88 Å². The van der Waals surface area contributed by atoms with Gasteiger partial charge in [-0.3, -0.25) is 4.99 Å². The molecule has 0 amide bonds. The molecule has 2 rings (SSSR count). The molecule has 0 atom stereocenters. The molecule has 0 saturated heterocycles. The Kier molecular flexibility index (Phi) is 9.84. The van der Waals surface area contributed by atoms with E-state index < -0.39 is 12.8 Å². The Morgan fingerprint density at radius 1 is 1.33 bits per heavy atom. The normalized spacial score (nSPS) is 11.7. The van der Waals surface area contributed by atoms with Gasteiger partial charge < -0.3 is 15.0 Å². The molecular weight excluding hydrogens is 492 g/mol. The van der Waals surface area contributed by atoms with Gasteiger partial charge in [0.05, 0.1) is 0 Å². The minimum atomic E-state index is -4.40. The molecule has 0 aromatic carbocycles. The Morgan fingerprint density at radius 3 is 2.74 bits per heavy atom. The largest absolute Gasteiger partial charge is 0.468 e. The van der Waals surface area contributed by atoms with E-state index in [0.29, 0.717) is 11.5 Å². The first-order valence-corrected chi connectivity index (χ1v) is 8.84. The first-order valence-electron chi connectivity index (χ1n) is 7.96. The van der Waals surface area contributed by atoms with E-state index in [2.05, 4.69) is 21.4 Å². The van der Waals surface area contributed by atoms with Gasteiger partial charge in [0.2, 0.25) is 5.88 Å². The van der Waals surface area contributed by atoms with Crippen molar-refractivity contribution in [1.29, 1.82) is 0 Å². The molecule has 2 aromatic heterocycles. The Bertz CT molecular complexity index is 710. The number of aliphatic imine (C=N–C) groups is 1. The van der Waals surface area contributed by atoms with Crippen molar-refractivity contribution in [3.05, 3.63) is 46.3 Å². The smallest absolute Gasteiger partial charge is 0.422 e. The van der Waals surface area contributed by atoms with Crippen molar-refractivity contribution >= 4 is 41.3 Å². The SMILES string of the molecule is CN=C(NCc1cccnc1OCC(F)(F)F)N(C)CCc1cccs1.I. The molecule has 0 unspecified atom stereocenters. The lowest BCUT2D eigenvalue weighted by molar-refractivity contribution is -0.154. The summed E-state index contributed by atoms with van der Waals surface area (Å²) in [5, 5.41) is 5.17. The number of guanidine groups is 1. The molecule has 150 valence electrons. The Balaban J connectivity index is 0.00000364. The fraction of sp³-hybridized carbons (Fsp3) is 0.412. The first-order chi connectivity index (χ1) is 12.4. The van der Waals surface area contributed by atoms with Gasteiger partial charge in [0, 0.05) is 43.8 Å². The third kappa shape index (κ3) is 8.33. The number of nitrogens with one attached hydrogen (secondary N) is 1. The fourth-order valence-electron chi connectivity index (χ4n) is 2.24.